The van der Waals surface area contributed by atoms with Gasteiger partial charge in [0.2, 0.25) is 106 Å². The second kappa shape index (κ2) is 59.0. The van der Waals surface area contributed by atoms with Crippen molar-refractivity contribution in [3.8, 4) is 0 Å². The Morgan fingerprint density at radius 3 is 1.13 bits per heavy atom. The summed E-state index contributed by atoms with van der Waals surface area (Å²) in [7, 11) is 0. The predicted octanol–water partition coefficient (Wildman–Crippen LogP) is -8.23. The summed E-state index contributed by atoms with van der Waals surface area (Å²) in [6, 6.07) is -13.5. The number of aromatic amines is 1. The Balaban J connectivity index is 2.01. The highest BCUT2D eigenvalue weighted by atomic mass is 32.1. The fraction of sp³-hybridized carbons (Fsp3) is 0.595. The molecule has 2 heterocycles. The number of imidazole rings is 1. The number of aliphatic hydroxyl groups excluding tert-OH is 2. The van der Waals surface area contributed by atoms with E-state index in [4.69, 9.17) is 51.6 Å². The maximum atomic E-state index is 15.0. The van der Waals surface area contributed by atoms with Gasteiger partial charge in [0.15, 0.2) is 17.9 Å². The first kappa shape index (κ1) is 114. The van der Waals surface area contributed by atoms with Crippen molar-refractivity contribution in [1.29, 1.82) is 0 Å². The Labute approximate surface area is 780 Å². The molecule has 0 aliphatic rings. The van der Waals surface area contributed by atoms with Crippen LogP contribution in [-0.4, -0.2) is 267 Å². The Morgan fingerprint density at radius 2 is 0.746 bits per heavy atom. The molecule has 49 nitrogen and oxygen atoms in total. The molecule has 0 fully saturated rings. The molecule has 50 heteroatoms. The standard InChI is InChI=1S/C84H137N29O20S/c1-41(2)30-56(107-79(131)62(38-114)111-68(120)45(9)99-47(11)116)73(125)101-52(21-16-27-96-83(90)91)71(123)109-60(35-50-37-94-40-98-50)76(128)108-59(33-48-18-13-12-14-19-48)75(127)105-57(31-42(3)4)74(126)110-61(36-64(86)118)77(129)106-58(32-43(5)6)78(130)112-65(44(7)8)80(132)113-66(46(10)115)81(133)103-53(22-17-28-97-84(92)93)69(121)102-54(23-24-63(85)117)72(124)100-51(20-15-26-95-82(88)89)70(122)104-55(67(87)119)34-49-25-29-134-39-49/h12-14,18-19,25,29,37,39-46,51-62,65-66,114-115H,15-17,20-24,26-28,30-36,38H2,1-11H3,(H2,85,117)(H2,86,118)(H2,87,119)(H,94,98)(H,99,116)(H,100,124)(H,101,125)(H,102,121)(H,103,133)(H,104,122)(H,105,127)(H,106,129)(H,107,131)(H,108,128)(H,109,123)(H,110,126)(H,111,120)(H,112,130)(H,113,132)(H4,88,89,95)(H4,90,91,96)(H4,92,93,97)/t45-,46+,51-,52-,53-,54-,55-,56-,57-,58-,59-,60-,61-,62-,65-,66-/m0/s1. The van der Waals surface area contributed by atoms with Crippen LogP contribution in [0, 0.1) is 23.7 Å². The van der Waals surface area contributed by atoms with E-state index in [-0.39, 0.29) is 126 Å². The van der Waals surface area contributed by atoms with E-state index >= 15 is 9.59 Å². The van der Waals surface area contributed by atoms with E-state index in [0.717, 1.165) is 6.92 Å². The lowest BCUT2D eigenvalue weighted by molar-refractivity contribution is -0.138. The van der Waals surface area contributed by atoms with Gasteiger partial charge >= 0.3 is 0 Å². The molecule has 0 unspecified atom stereocenters. The highest BCUT2D eigenvalue weighted by Gasteiger charge is 2.41. The van der Waals surface area contributed by atoms with Crippen LogP contribution in [0.5, 0.6) is 0 Å². The van der Waals surface area contributed by atoms with Crippen LogP contribution < -0.4 is 131 Å². The summed E-state index contributed by atoms with van der Waals surface area (Å²) in [5.74, 6) is -20.7. The van der Waals surface area contributed by atoms with Crippen LogP contribution in [0.4, 0.5) is 0 Å². The smallest absolute Gasteiger partial charge is 0.245 e. The van der Waals surface area contributed by atoms with Crippen molar-refractivity contribution in [2.75, 3.05) is 26.2 Å². The molecular weight excluding hydrogens is 1770 g/mol. The summed E-state index contributed by atoms with van der Waals surface area (Å²) >= 11 is 1.33. The summed E-state index contributed by atoms with van der Waals surface area (Å²) in [4.78, 5) is 270. The first-order valence-electron chi connectivity index (χ1n) is 43.8. The number of carbonyl (C=O) groups excluding carboxylic acids is 18. The molecule has 0 spiro atoms. The highest BCUT2D eigenvalue weighted by molar-refractivity contribution is 7.08. The Hall–Kier alpha value is -13.7. The lowest BCUT2D eigenvalue weighted by Crippen LogP contribution is -2.63. The second-order valence-electron chi connectivity index (χ2n) is 33.9. The SMILES string of the molecule is CC(=O)N[C@@H](C)C(=O)N[C@@H](CO)C(=O)N[C@@H](CC(C)C)C(=O)N[C@@H](CCCN=C(N)N)C(=O)N[C@@H](Cc1c[nH]cn1)C(=O)N[C@@H](Cc1ccccc1)C(=O)N[C@@H](CC(C)C)C(=O)N[C@@H](CC(N)=O)C(=O)N[C@@H](CC(C)C)C(=O)N[C@H](C(=O)N[C@H](C(=O)N[C@@H](CCCN=C(N)N)C(=O)N[C@@H](CCC(N)=O)C(=O)N[C@@H](CCCN=C(N)N)C(=O)N[C@@H](Cc1ccsc1)C(N)=O)[C@@H](C)O)C(C)C. The molecule has 1 aromatic carbocycles. The van der Waals surface area contributed by atoms with Gasteiger partial charge in [0.1, 0.15) is 90.6 Å². The van der Waals surface area contributed by atoms with Crippen molar-refractivity contribution in [3.63, 3.8) is 0 Å². The van der Waals surface area contributed by atoms with E-state index in [1.807, 2.05) is 0 Å². The van der Waals surface area contributed by atoms with E-state index in [1.165, 1.54) is 51.6 Å². The van der Waals surface area contributed by atoms with Crippen LogP contribution in [0.3, 0.4) is 0 Å². The van der Waals surface area contributed by atoms with E-state index < -0.39 is 247 Å². The lowest BCUT2D eigenvalue weighted by Gasteiger charge is -2.30. The number of aromatic nitrogens is 2. The topological polar surface area (TPSA) is 828 Å². The van der Waals surface area contributed by atoms with Crippen LogP contribution >= 0.6 is 11.3 Å². The lowest BCUT2D eigenvalue weighted by atomic mass is 9.98. The van der Waals surface area contributed by atoms with Gasteiger partial charge in [0.25, 0.3) is 0 Å². The molecule has 134 heavy (non-hydrogen) atoms. The van der Waals surface area contributed by atoms with Crippen LogP contribution in [-0.2, 0) is 106 Å². The molecule has 3 rings (SSSR count). The molecule has 16 atom stereocenters. The van der Waals surface area contributed by atoms with Crippen LogP contribution in [0.2, 0.25) is 0 Å². The number of guanidine groups is 3. The van der Waals surface area contributed by atoms with Crippen molar-refractivity contribution >= 4 is 136 Å². The second-order valence-corrected chi connectivity index (χ2v) is 34.7. The van der Waals surface area contributed by atoms with E-state index in [2.05, 4.69) is 105 Å². The van der Waals surface area contributed by atoms with Crippen molar-refractivity contribution in [3.05, 3.63) is 76.5 Å². The summed E-state index contributed by atoms with van der Waals surface area (Å²) in [6.45, 7) is 15.7. The van der Waals surface area contributed by atoms with Crippen LogP contribution in [0.1, 0.15) is 170 Å². The third kappa shape index (κ3) is 44.0. The number of rotatable bonds is 62. The normalized spacial score (nSPS) is 14.7. The summed E-state index contributed by atoms with van der Waals surface area (Å²) in [5.41, 5.74) is 51.6. The first-order chi connectivity index (χ1) is 63.0. The summed E-state index contributed by atoms with van der Waals surface area (Å²) < 4.78 is 0. The van der Waals surface area contributed by atoms with Crippen molar-refractivity contribution < 1.29 is 96.5 Å². The zero-order valence-electron chi connectivity index (χ0n) is 77.4. The number of nitrogens with one attached hydrogen (secondary N) is 16. The number of benzene rings is 1. The summed E-state index contributed by atoms with van der Waals surface area (Å²) in [5, 5.41) is 62.8. The number of aliphatic imine (C=N–C) groups is 3. The van der Waals surface area contributed by atoms with Crippen molar-refractivity contribution in [2.45, 2.75) is 269 Å². The molecule has 3 aromatic rings. The molecule has 0 saturated heterocycles. The van der Waals surface area contributed by atoms with Crippen LogP contribution in [0.15, 0.2) is 74.7 Å². The molecule has 36 N–H and O–H groups in total. The largest absolute Gasteiger partial charge is 0.394 e. The van der Waals surface area contributed by atoms with E-state index in [9.17, 15) is 86.9 Å². The van der Waals surface area contributed by atoms with Crippen molar-refractivity contribution in [2.24, 2.45) is 90.3 Å². The number of hydrogen-bond acceptors (Lipinski definition) is 25. The van der Waals surface area contributed by atoms with Crippen LogP contribution in [0.25, 0.3) is 0 Å². The van der Waals surface area contributed by atoms with Gasteiger partial charge in [0.05, 0.1) is 31.2 Å². The van der Waals surface area contributed by atoms with Gasteiger partial charge in [-0.15, -0.1) is 0 Å². The number of primary amides is 3. The highest BCUT2D eigenvalue weighted by Crippen LogP contribution is 2.18. The number of aliphatic hydroxyl groups is 2. The number of H-pyrrole nitrogens is 1. The average Bonchev–Trinajstić information content (AvgIpc) is 1.21. The van der Waals surface area contributed by atoms with Gasteiger partial charge in [-0.25, -0.2) is 4.98 Å². The molecule has 0 radical (unpaired) electrons. The molecule has 2 aromatic heterocycles. The van der Waals surface area contributed by atoms with Gasteiger partial charge in [-0.3, -0.25) is 101 Å². The maximum Gasteiger partial charge on any atom is 0.245 e. The fourth-order valence-corrected chi connectivity index (χ4v) is 14.1. The number of thiophene rings is 1. The van der Waals surface area contributed by atoms with Gasteiger partial charge in [0, 0.05) is 58.4 Å². The number of amides is 18. The first-order valence-corrected chi connectivity index (χ1v) is 44.8. The molecule has 18 amide bonds. The van der Waals surface area contributed by atoms with E-state index in [1.54, 1.807) is 88.7 Å². The van der Waals surface area contributed by atoms with Gasteiger partial charge in [-0.2, -0.15) is 11.3 Å². The Kier molecular flexibility index (Phi) is 50.4. The molecule has 0 bridgehead atoms. The third-order valence-electron chi connectivity index (χ3n) is 20.2. The molecule has 0 saturated carbocycles. The third-order valence-corrected chi connectivity index (χ3v) is 21.0. The molecule has 0 aliphatic heterocycles. The number of carbonyl (C=O) groups is 18. The molecule has 0 aliphatic carbocycles. The average molecular weight is 1910 g/mol. The predicted molar refractivity (Wildman–Crippen MR) is 494 cm³/mol. The van der Waals surface area contributed by atoms with Crippen molar-refractivity contribution in [1.82, 2.24) is 89.7 Å². The van der Waals surface area contributed by atoms with Gasteiger partial charge < -0.3 is 147 Å². The van der Waals surface area contributed by atoms with Gasteiger partial charge in [-0.05, 0) is 130 Å². The quantitative estimate of drug-likeness (QED) is 0.0142. The van der Waals surface area contributed by atoms with E-state index in [0.29, 0.717) is 11.1 Å². The Bertz CT molecular complexity index is 4490. The minimum Gasteiger partial charge on any atom is -0.394 e. The summed E-state index contributed by atoms with van der Waals surface area (Å²) in [6.07, 6.45) is -2.54. The minimum absolute atomic E-state index is 0.0138. The Morgan fingerprint density at radius 1 is 0.388 bits per heavy atom. The molecular formula is C84H137N29O20S. The molecule has 744 valence electrons. The number of hydrogen-bond donors (Lipinski definition) is 27. The number of nitrogens with zero attached hydrogens (tertiary/aromatic N) is 4. The van der Waals surface area contributed by atoms with Gasteiger partial charge in [-0.1, -0.05) is 85.7 Å². The zero-order valence-corrected chi connectivity index (χ0v) is 78.2. The zero-order chi connectivity index (χ0) is 101. The number of nitrogens with two attached hydrogens (primary N) is 9. The minimum atomic E-state index is -1.94. The maximum absolute atomic E-state index is 15.0. The monoisotopic (exact) mass is 1900 g/mol. The fourth-order valence-electron chi connectivity index (χ4n) is 13.4.